The molecule has 0 radical (unpaired) electrons. The summed E-state index contributed by atoms with van der Waals surface area (Å²) in [4.78, 5) is 2.57. The Morgan fingerprint density at radius 3 is 2.67 bits per heavy atom. The summed E-state index contributed by atoms with van der Waals surface area (Å²) in [5.41, 5.74) is 1.06. The van der Waals surface area contributed by atoms with Gasteiger partial charge in [0.15, 0.2) is 0 Å². The Kier molecular flexibility index (Phi) is 6.19. The van der Waals surface area contributed by atoms with Crippen LogP contribution in [0.2, 0.25) is 0 Å². The third kappa shape index (κ3) is 5.40. The number of nitrogens with one attached hydrogen (secondary N) is 1. The lowest BCUT2D eigenvalue weighted by molar-refractivity contribution is 0.201. The lowest BCUT2D eigenvalue weighted by Crippen LogP contribution is -2.36. The highest BCUT2D eigenvalue weighted by atomic mass is 19.1. The Bertz CT molecular complexity index is 429. The van der Waals surface area contributed by atoms with Crippen molar-refractivity contribution in [3.8, 4) is 0 Å². The zero-order chi connectivity index (χ0) is 15.2. The van der Waals surface area contributed by atoms with Gasteiger partial charge in [-0.2, -0.15) is 0 Å². The molecule has 0 heterocycles. The molecule has 1 saturated carbocycles. The number of halogens is 1. The summed E-state index contributed by atoms with van der Waals surface area (Å²) in [5, 5.41) is 3.50. The maximum Gasteiger partial charge on any atom is 0.123 e. The van der Waals surface area contributed by atoms with E-state index in [0.29, 0.717) is 6.04 Å². The molecule has 1 N–H and O–H groups in total. The summed E-state index contributed by atoms with van der Waals surface area (Å²) in [6.45, 7) is 9.85. The van der Waals surface area contributed by atoms with Crippen molar-refractivity contribution in [2.45, 2.75) is 52.1 Å². The standard InChI is InChI=1S/C18H29FN2/c1-4-20-18(16-6-5-7-17(19)12-16)10-11-21(14(2)3)13-15-8-9-15/h5-7,12,14-15,18,20H,4,8-11,13H2,1-3H3. The van der Waals surface area contributed by atoms with Crippen LogP contribution in [0, 0.1) is 11.7 Å². The van der Waals surface area contributed by atoms with Crippen molar-refractivity contribution in [3.63, 3.8) is 0 Å². The minimum atomic E-state index is -0.144. The van der Waals surface area contributed by atoms with E-state index in [1.165, 1.54) is 25.5 Å². The average Bonchev–Trinajstić information content (AvgIpc) is 3.25. The van der Waals surface area contributed by atoms with Gasteiger partial charge in [-0.15, -0.1) is 0 Å². The van der Waals surface area contributed by atoms with Crippen LogP contribution in [0.15, 0.2) is 24.3 Å². The van der Waals surface area contributed by atoms with Crippen LogP contribution >= 0.6 is 0 Å². The van der Waals surface area contributed by atoms with Crippen molar-refractivity contribution < 1.29 is 4.39 Å². The second-order valence-corrected chi connectivity index (χ2v) is 6.49. The van der Waals surface area contributed by atoms with Crippen LogP contribution in [0.1, 0.15) is 51.6 Å². The Morgan fingerprint density at radius 1 is 1.33 bits per heavy atom. The van der Waals surface area contributed by atoms with Gasteiger partial charge in [-0.05, 0) is 63.3 Å². The Hall–Kier alpha value is -0.930. The summed E-state index contributed by atoms with van der Waals surface area (Å²) < 4.78 is 13.4. The molecule has 0 saturated heterocycles. The summed E-state index contributed by atoms with van der Waals surface area (Å²) in [5.74, 6) is 0.772. The van der Waals surface area contributed by atoms with Crippen molar-refractivity contribution >= 4 is 0 Å². The molecule has 0 spiro atoms. The van der Waals surface area contributed by atoms with E-state index >= 15 is 0 Å². The topological polar surface area (TPSA) is 15.3 Å². The highest BCUT2D eigenvalue weighted by Crippen LogP contribution is 2.30. The molecule has 2 nitrogen and oxygen atoms in total. The molecule has 1 aromatic rings. The highest BCUT2D eigenvalue weighted by molar-refractivity contribution is 5.20. The van der Waals surface area contributed by atoms with Crippen LogP contribution in [0.3, 0.4) is 0 Å². The van der Waals surface area contributed by atoms with Gasteiger partial charge in [-0.3, -0.25) is 0 Å². The van der Waals surface area contributed by atoms with Gasteiger partial charge in [-0.1, -0.05) is 19.1 Å². The second kappa shape index (κ2) is 7.90. The molecule has 3 heteroatoms. The fraction of sp³-hybridized carbons (Fsp3) is 0.667. The molecule has 1 aliphatic rings. The molecular formula is C18H29FN2. The monoisotopic (exact) mass is 292 g/mol. The summed E-state index contributed by atoms with van der Waals surface area (Å²) in [7, 11) is 0. The van der Waals surface area contributed by atoms with Gasteiger partial charge in [0, 0.05) is 25.2 Å². The first-order valence-electron chi connectivity index (χ1n) is 8.33. The van der Waals surface area contributed by atoms with E-state index in [1.54, 1.807) is 12.1 Å². The predicted octanol–water partition coefficient (Wildman–Crippen LogP) is 3.99. The third-order valence-corrected chi connectivity index (χ3v) is 4.33. The molecule has 2 rings (SSSR count). The normalized spacial score (nSPS) is 16.7. The van der Waals surface area contributed by atoms with Crippen LogP contribution in [-0.2, 0) is 0 Å². The number of rotatable bonds is 9. The molecule has 1 aliphatic carbocycles. The molecular weight excluding hydrogens is 263 g/mol. The number of hydrogen-bond donors (Lipinski definition) is 1. The fourth-order valence-corrected chi connectivity index (χ4v) is 2.84. The SMILES string of the molecule is CCNC(CCN(CC1CC1)C(C)C)c1cccc(F)c1. The van der Waals surface area contributed by atoms with Crippen molar-refractivity contribution in [2.75, 3.05) is 19.6 Å². The third-order valence-electron chi connectivity index (χ3n) is 4.33. The van der Waals surface area contributed by atoms with Gasteiger partial charge in [-0.25, -0.2) is 4.39 Å². The van der Waals surface area contributed by atoms with Gasteiger partial charge >= 0.3 is 0 Å². The Balaban J connectivity index is 1.94. The van der Waals surface area contributed by atoms with E-state index in [0.717, 1.165) is 31.0 Å². The smallest absolute Gasteiger partial charge is 0.123 e. The van der Waals surface area contributed by atoms with Gasteiger partial charge < -0.3 is 10.2 Å². The molecule has 1 unspecified atom stereocenters. The average molecular weight is 292 g/mol. The lowest BCUT2D eigenvalue weighted by atomic mass is 10.0. The minimum Gasteiger partial charge on any atom is -0.310 e. The van der Waals surface area contributed by atoms with E-state index in [4.69, 9.17) is 0 Å². The molecule has 1 fully saturated rings. The summed E-state index contributed by atoms with van der Waals surface area (Å²) in [6.07, 6.45) is 3.82. The lowest BCUT2D eigenvalue weighted by Gasteiger charge is -2.29. The number of benzene rings is 1. The zero-order valence-corrected chi connectivity index (χ0v) is 13.6. The van der Waals surface area contributed by atoms with Gasteiger partial charge in [0.2, 0.25) is 0 Å². The van der Waals surface area contributed by atoms with E-state index in [9.17, 15) is 4.39 Å². The van der Waals surface area contributed by atoms with Crippen LogP contribution in [0.25, 0.3) is 0 Å². The Labute approximate surface area is 128 Å². The van der Waals surface area contributed by atoms with Gasteiger partial charge in [0.05, 0.1) is 0 Å². The Morgan fingerprint density at radius 2 is 2.10 bits per heavy atom. The molecule has 118 valence electrons. The molecule has 0 bridgehead atoms. The van der Waals surface area contributed by atoms with Gasteiger partial charge in [0.25, 0.3) is 0 Å². The first-order chi connectivity index (χ1) is 10.1. The second-order valence-electron chi connectivity index (χ2n) is 6.49. The van der Waals surface area contributed by atoms with Crippen LogP contribution in [0.4, 0.5) is 4.39 Å². The van der Waals surface area contributed by atoms with E-state index < -0.39 is 0 Å². The quantitative estimate of drug-likeness (QED) is 0.740. The van der Waals surface area contributed by atoms with Crippen molar-refractivity contribution in [3.05, 3.63) is 35.6 Å². The molecule has 21 heavy (non-hydrogen) atoms. The predicted molar refractivity (Wildman–Crippen MR) is 86.9 cm³/mol. The van der Waals surface area contributed by atoms with E-state index in [1.807, 2.05) is 6.07 Å². The van der Waals surface area contributed by atoms with E-state index in [-0.39, 0.29) is 11.9 Å². The maximum absolute atomic E-state index is 13.4. The van der Waals surface area contributed by atoms with Crippen molar-refractivity contribution in [1.29, 1.82) is 0 Å². The minimum absolute atomic E-state index is 0.144. The van der Waals surface area contributed by atoms with Crippen LogP contribution in [0.5, 0.6) is 0 Å². The first kappa shape index (κ1) is 16.4. The maximum atomic E-state index is 13.4. The highest BCUT2D eigenvalue weighted by Gasteiger charge is 2.25. The van der Waals surface area contributed by atoms with Crippen LogP contribution in [-0.4, -0.2) is 30.6 Å². The van der Waals surface area contributed by atoms with Gasteiger partial charge in [0.1, 0.15) is 5.82 Å². The number of nitrogens with zero attached hydrogens (tertiary/aromatic N) is 1. The molecule has 0 amide bonds. The van der Waals surface area contributed by atoms with E-state index in [2.05, 4.69) is 31.0 Å². The first-order valence-corrected chi connectivity index (χ1v) is 8.33. The zero-order valence-electron chi connectivity index (χ0n) is 13.6. The number of hydrogen-bond acceptors (Lipinski definition) is 2. The van der Waals surface area contributed by atoms with Crippen LogP contribution < -0.4 is 5.32 Å². The molecule has 1 aromatic carbocycles. The van der Waals surface area contributed by atoms with Crippen molar-refractivity contribution in [2.24, 2.45) is 5.92 Å². The molecule has 0 aliphatic heterocycles. The fourth-order valence-electron chi connectivity index (χ4n) is 2.84. The van der Waals surface area contributed by atoms with Crippen molar-refractivity contribution in [1.82, 2.24) is 10.2 Å². The summed E-state index contributed by atoms with van der Waals surface area (Å²) >= 11 is 0. The largest absolute Gasteiger partial charge is 0.310 e. The molecule has 0 aromatic heterocycles. The molecule has 1 atom stereocenters. The summed E-state index contributed by atoms with van der Waals surface area (Å²) in [6, 6.07) is 7.83.